The Balaban J connectivity index is 2.59. The van der Waals surface area contributed by atoms with Gasteiger partial charge in [0.1, 0.15) is 0 Å². The van der Waals surface area contributed by atoms with Crippen LogP contribution >= 0.6 is 0 Å². The lowest BCUT2D eigenvalue weighted by atomic mass is 9.91. The largest absolute Gasteiger partial charge is 0.469 e. The van der Waals surface area contributed by atoms with Gasteiger partial charge in [-0.15, -0.1) is 0 Å². The molecule has 1 aliphatic heterocycles. The van der Waals surface area contributed by atoms with Gasteiger partial charge < -0.3 is 10.1 Å². The van der Waals surface area contributed by atoms with Crippen molar-refractivity contribution < 1.29 is 9.53 Å². The predicted octanol–water partition coefficient (Wildman–Crippen LogP) is 1.90. The number of hydrogen-bond acceptors (Lipinski definition) is 4. The maximum absolute atomic E-state index is 11.8. The lowest BCUT2D eigenvalue weighted by molar-refractivity contribution is -0.152. The molecule has 0 radical (unpaired) electrons. The van der Waals surface area contributed by atoms with Gasteiger partial charge in [-0.05, 0) is 59.5 Å². The van der Waals surface area contributed by atoms with E-state index in [-0.39, 0.29) is 5.97 Å². The molecule has 0 aromatic rings. The standard InChI is InChI=1S/C15H30N2O2/c1-12(2)17(10-13-7-6-8-16-9-13)11-15(3,4)14(18)19-5/h12-13,16H,6-11H2,1-5H3. The van der Waals surface area contributed by atoms with Gasteiger partial charge in [-0.3, -0.25) is 9.69 Å². The van der Waals surface area contributed by atoms with Gasteiger partial charge in [0.25, 0.3) is 0 Å². The van der Waals surface area contributed by atoms with E-state index in [1.54, 1.807) is 0 Å². The molecule has 0 aliphatic carbocycles. The Hall–Kier alpha value is -0.610. The second kappa shape index (κ2) is 7.25. The maximum Gasteiger partial charge on any atom is 0.312 e. The summed E-state index contributed by atoms with van der Waals surface area (Å²) in [4.78, 5) is 14.2. The van der Waals surface area contributed by atoms with E-state index in [1.807, 2.05) is 13.8 Å². The fourth-order valence-electron chi connectivity index (χ4n) is 2.72. The van der Waals surface area contributed by atoms with Crippen LogP contribution in [-0.4, -0.2) is 50.2 Å². The lowest BCUT2D eigenvalue weighted by Crippen LogP contribution is -2.47. The number of nitrogens with one attached hydrogen (secondary N) is 1. The molecule has 0 spiro atoms. The zero-order valence-corrected chi connectivity index (χ0v) is 13.2. The van der Waals surface area contributed by atoms with Crippen LogP contribution in [0.4, 0.5) is 0 Å². The molecule has 0 aromatic heterocycles. The van der Waals surface area contributed by atoms with Crippen LogP contribution in [0.1, 0.15) is 40.5 Å². The maximum atomic E-state index is 11.8. The highest BCUT2D eigenvalue weighted by molar-refractivity contribution is 5.76. The van der Waals surface area contributed by atoms with Crippen molar-refractivity contribution in [1.82, 2.24) is 10.2 Å². The van der Waals surface area contributed by atoms with Gasteiger partial charge >= 0.3 is 5.97 Å². The number of carbonyl (C=O) groups excluding carboxylic acids is 1. The van der Waals surface area contributed by atoms with Crippen molar-refractivity contribution >= 4 is 5.97 Å². The third-order valence-corrected chi connectivity index (χ3v) is 3.96. The number of nitrogens with zero attached hydrogens (tertiary/aromatic N) is 1. The number of esters is 1. The normalized spacial score (nSPS) is 20.9. The van der Waals surface area contributed by atoms with Crippen molar-refractivity contribution in [3.05, 3.63) is 0 Å². The summed E-state index contributed by atoms with van der Waals surface area (Å²) in [6.45, 7) is 12.4. The average Bonchev–Trinajstić information content (AvgIpc) is 2.37. The van der Waals surface area contributed by atoms with Crippen LogP contribution in [-0.2, 0) is 9.53 Å². The Morgan fingerprint density at radius 1 is 1.47 bits per heavy atom. The minimum Gasteiger partial charge on any atom is -0.469 e. The van der Waals surface area contributed by atoms with Crippen molar-refractivity contribution in [2.24, 2.45) is 11.3 Å². The predicted molar refractivity (Wildman–Crippen MR) is 78.1 cm³/mol. The summed E-state index contributed by atoms with van der Waals surface area (Å²) in [6.07, 6.45) is 2.55. The molecule has 1 rings (SSSR count). The molecule has 0 bridgehead atoms. The highest BCUT2D eigenvalue weighted by atomic mass is 16.5. The molecule has 0 aromatic carbocycles. The van der Waals surface area contributed by atoms with E-state index in [1.165, 1.54) is 20.0 Å². The molecule has 1 fully saturated rings. The van der Waals surface area contributed by atoms with E-state index in [2.05, 4.69) is 24.1 Å². The van der Waals surface area contributed by atoms with E-state index in [9.17, 15) is 4.79 Å². The molecule has 0 amide bonds. The second-order valence-electron chi connectivity index (χ2n) is 6.61. The van der Waals surface area contributed by atoms with Crippen LogP contribution < -0.4 is 5.32 Å². The second-order valence-corrected chi connectivity index (χ2v) is 6.61. The van der Waals surface area contributed by atoms with Crippen molar-refractivity contribution in [3.63, 3.8) is 0 Å². The number of ether oxygens (including phenoxy) is 1. The highest BCUT2D eigenvalue weighted by Crippen LogP contribution is 2.22. The van der Waals surface area contributed by atoms with Gasteiger partial charge in [-0.1, -0.05) is 0 Å². The van der Waals surface area contributed by atoms with E-state index in [0.29, 0.717) is 12.0 Å². The van der Waals surface area contributed by atoms with E-state index < -0.39 is 5.41 Å². The number of carbonyl (C=O) groups is 1. The summed E-state index contributed by atoms with van der Waals surface area (Å²) >= 11 is 0. The summed E-state index contributed by atoms with van der Waals surface area (Å²) in [6, 6.07) is 0.450. The summed E-state index contributed by atoms with van der Waals surface area (Å²) in [5.74, 6) is 0.574. The number of piperidine rings is 1. The van der Waals surface area contributed by atoms with E-state index in [4.69, 9.17) is 4.74 Å². The van der Waals surface area contributed by atoms with E-state index >= 15 is 0 Å². The molecule has 1 aliphatic rings. The topological polar surface area (TPSA) is 41.6 Å². The molecule has 112 valence electrons. The molecular weight excluding hydrogens is 240 g/mol. The zero-order chi connectivity index (χ0) is 14.5. The number of hydrogen-bond donors (Lipinski definition) is 1. The van der Waals surface area contributed by atoms with Gasteiger partial charge in [0, 0.05) is 19.1 Å². The Morgan fingerprint density at radius 3 is 2.63 bits per heavy atom. The molecule has 4 nitrogen and oxygen atoms in total. The molecule has 1 unspecified atom stereocenters. The van der Waals surface area contributed by atoms with Crippen LogP contribution in [0.25, 0.3) is 0 Å². The Morgan fingerprint density at radius 2 is 2.16 bits per heavy atom. The Bertz CT molecular complexity index is 284. The Labute approximate surface area is 117 Å². The third kappa shape index (κ3) is 5.11. The van der Waals surface area contributed by atoms with Gasteiger partial charge in [-0.2, -0.15) is 0 Å². The fourth-order valence-corrected chi connectivity index (χ4v) is 2.72. The zero-order valence-electron chi connectivity index (χ0n) is 13.2. The van der Waals surface area contributed by atoms with Crippen LogP contribution in [0.2, 0.25) is 0 Å². The minimum atomic E-state index is -0.443. The molecule has 19 heavy (non-hydrogen) atoms. The first-order chi connectivity index (χ1) is 8.86. The first kappa shape index (κ1) is 16.4. The molecule has 1 atom stereocenters. The SMILES string of the molecule is COC(=O)C(C)(C)CN(CC1CCCNC1)C(C)C. The monoisotopic (exact) mass is 270 g/mol. The summed E-state index contributed by atoms with van der Waals surface area (Å²) < 4.78 is 4.91. The van der Waals surface area contributed by atoms with Crippen molar-refractivity contribution in [2.75, 3.05) is 33.3 Å². The van der Waals surface area contributed by atoms with Crippen molar-refractivity contribution in [3.8, 4) is 0 Å². The highest BCUT2D eigenvalue weighted by Gasteiger charge is 2.32. The first-order valence-corrected chi connectivity index (χ1v) is 7.40. The number of methoxy groups -OCH3 is 1. The molecular formula is C15H30N2O2. The quantitative estimate of drug-likeness (QED) is 0.749. The molecule has 1 N–H and O–H groups in total. The molecule has 1 heterocycles. The minimum absolute atomic E-state index is 0.125. The van der Waals surface area contributed by atoms with Crippen LogP contribution in [0.15, 0.2) is 0 Å². The van der Waals surface area contributed by atoms with Gasteiger partial charge in [0.15, 0.2) is 0 Å². The van der Waals surface area contributed by atoms with Crippen LogP contribution in [0, 0.1) is 11.3 Å². The Kier molecular flexibility index (Phi) is 6.27. The molecule has 4 heteroatoms. The summed E-state index contributed by atoms with van der Waals surface area (Å²) in [5, 5.41) is 3.46. The smallest absolute Gasteiger partial charge is 0.312 e. The average molecular weight is 270 g/mol. The summed E-state index contributed by atoms with van der Waals surface area (Å²) in [7, 11) is 1.47. The number of rotatable bonds is 6. The van der Waals surface area contributed by atoms with Crippen molar-refractivity contribution in [2.45, 2.75) is 46.6 Å². The molecule has 0 saturated carbocycles. The first-order valence-electron chi connectivity index (χ1n) is 7.40. The van der Waals surface area contributed by atoms with Gasteiger partial charge in [0.2, 0.25) is 0 Å². The van der Waals surface area contributed by atoms with Gasteiger partial charge in [0.05, 0.1) is 12.5 Å². The fraction of sp³-hybridized carbons (Fsp3) is 0.933. The molecule has 1 saturated heterocycles. The summed E-state index contributed by atoms with van der Waals surface area (Å²) in [5.41, 5.74) is -0.443. The van der Waals surface area contributed by atoms with Crippen LogP contribution in [0.5, 0.6) is 0 Å². The van der Waals surface area contributed by atoms with Crippen molar-refractivity contribution in [1.29, 1.82) is 0 Å². The third-order valence-electron chi connectivity index (χ3n) is 3.96. The van der Waals surface area contributed by atoms with Gasteiger partial charge in [-0.25, -0.2) is 0 Å². The lowest BCUT2D eigenvalue weighted by Gasteiger charge is -2.37. The van der Waals surface area contributed by atoms with Crippen LogP contribution in [0.3, 0.4) is 0 Å². The van der Waals surface area contributed by atoms with E-state index in [0.717, 1.165) is 26.2 Å².